The number of halogens is 2. The number of hydrogen-bond acceptors (Lipinski definition) is 1. The van der Waals surface area contributed by atoms with Crippen molar-refractivity contribution in [1.29, 1.82) is 0 Å². The minimum Gasteiger partial charge on any atom is -0.206 e. The smallest absolute Gasteiger partial charge is 0.135 e. The third-order valence-electron chi connectivity index (χ3n) is 1.08. The maximum Gasteiger partial charge on any atom is 0.135 e. The fourth-order valence-electron chi connectivity index (χ4n) is 0.629. The lowest BCUT2D eigenvalue weighted by Gasteiger charge is -1.94. The minimum atomic E-state index is -0.859. The fraction of sp³-hybridized carbons (Fsp3) is 0. The normalized spacial score (nSPS) is 8.91. The summed E-state index contributed by atoms with van der Waals surface area (Å²) in [7, 11) is 0. The Labute approximate surface area is 60.9 Å². The van der Waals surface area contributed by atoms with Crippen molar-refractivity contribution in [2.45, 2.75) is 0 Å². The maximum absolute atomic E-state index is 12.5. The molecule has 0 bridgehead atoms. The van der Waals surface area contributed by atoms with Crippen LogP contribution in [0.5, 0.6) is 0 Å². The van der Waals surface area contributed by atoms with Gasteiger partial charge in [-0.1, -0.05) is 11.2 Å². The third kappa shape index (κ3) is 1.45. The molecule has 0 saturated carbocycles. The van der Waals surface area contributed by atoms with E-state index in [-0.39, 0.29) is 0 Å². The van der Waals surface area contributed by atoms with Crippen molar-refractivity contribution >= 4 is 5.69 Å². The highest BCUT2D eigenvalue weighted by molar-refractivity contribution is 5.39. The van der Waals surface area contributed by atoms with E-state index >= 15 is 0 Å². The molecule has 1 aromatic rings. The molecular formula is C6H3F2N3. The van der Waals surface area contributed by atoms with E-state index in [2.05, 4.69) is 10.0 Å². The summed E-state index contributed by atoms with van der Waals surface area (Å²) in [4.78, 5) is 2.27. The summed E-state index contributed by atoms with van der Waals surface area (Å²) >= 11 is 0. The Hall–Kier alpha value is -1.61. The van der Waals surface area contributed by atoms with Gasteiger partial charge in [0.2, 0.25) is 0 Å². The van der Waals surface area contributed by atoms with Crippen LogP contribution in [0.3, 0.4) is 0 Å². The van der Waals surface area contributed by atoms with Crippen LogP contribution in [0.1, 0.15) is 0 Å². The molecule has 0 spiro atoms. The quantitative estimate of drug-likeness (QED) is 0.340. The molecule has 0 atom stereocenters. The van der Waals surface area contributed by atoms with Gasteiger partial charge < -0.3 is 0 Å². The van der Waals surface area contributed by atoms with E-state index in [1.807, 2.05) is 0 Å². The van der Waals surface area contributed by atoms with Crippen LogP contribution in [0.2, 0.25) is 0 Å². The van der Waals surface area contributed by atoms with Gasteiger partial charge in [0, 0.05) is 4.91 Å². The molecule has 0 N–H and O–H groups in total. The topological polar surface area (TPSA) is 48.8 Å². The first-order valence-corrected chi connectivity index (χ1v) is 2.75. The zero-order valence-corrected chi connectivity index (χ0v) is 5.33. The van der Waals surface area contributed by atoms with Gasteiger partial charge >= 0.3 is 0 Å². The molecule has 0 unspecified atom stereocenters. The Morgan fingerprint density at radius 2 is 1.82 bits per heavy atom. The summed E-state index contributed by atoms with van der Waals surface area (Å²) in [5.41, 5.74) is 7.31. The van der Waals surface area contributed by atoms with Crippen LogP contribution >= 0.6 is 0 Å². The van der Waals surface area contributed by atoms with Crippen LogP contribution in [0.25, 0.3) is 10.4 Å². The third-order valence-corrected chi connectivity index (χ3v) is 1.08. The lowest BCUT2D eigenvalue weighted by atomic mass is 10.3. The van der Waals surface area contributed by atoms with Crippen molar-refractivity contribution in [3.8, 4) is 0 Å². The van der Waals surface area contributed by atoms with Gasteiger partial charge in [0.1, 0.15) is 17.3 Å². The molecule has 3 nitrogen and oxygen atoms in total. The van der Waals surface area contributed by atoms with Gasteiger partial charge in [0.05, 0.1) is 0 Å². The number of rotatable bonds is 1. The molecule has 0 amide bonds. The van der Waals surface area contributed by atoms with Gasteiger partial charge in [-0.3, -0.25) is 0 Å². The van der Waals surface area contributed by atoms with E-state index in [1.165, 1.54) is 6.07 Å². The van der Waals surface area contributed by atoms with Crippen LogP contribution in [0.4, 0.5) is 14.5 Å². The average Bonchev–Trinajstić information content (AvgIpc) is 1.97. The van der Waals surface area contributed by atoms with E-state index in [4.69, 9.17) is 5.53 Å². The number of nitrogens with zero attached hydrogens (tertiary/aromatic N) is 3. The standard InChI is InChI=1S/C6H3F2N3/c7-4-2-1-3-5(8)6(4)10-11-9/h1-3H. The molecular weight excluding hydrogens is 152 g/mol. The summed E-state index contributed by atoms with van der Waals surface area (Å²) < 4.78 is 25.1. The molecule has 0 aliphatic heterocycles. The molecule has 1 aromatic carbocycles. The molecule has 0 aliphatic rings. The van der Waals surface area contributed by atoms with E-state index in [1.54, 1.807) is 0 Å². The Morgan fingerprint density at radius 3 is 2.27 bits per heavy atom. The highest BCUT2D eigenvalue weighted by atomic mass is 19.1. The molecule has 5 heteroatoms. The van der Waals surface area contributed by atoms with Gasteiger partial charge in [-0.15, -0.1) is 0 Å². The lowest BCUT2D eigenvalue weighted by Crippen LogP contribution is -1.79. The highest BCUT2D eigenvalue weighted by Gasteiger charge is 2.03. The van der Waals surface area contributed by atoms with Gasteiger partial charge in [-0.05, 0) is 17.7 Å². The van der Waals surface area contributed by atoms with Crippen LogP contribution in [-0.4, -0.2) is 0 Å². The number of azide groups is 1. The second kappa shape index (κ2) is 2.98. The second-order valence-electron chi connectivity index (χ2n) is 1.76. The van der Waals surface area contributed by atoms with Crippen molar-refractivity contribution in [3.63, 3.8) is 0 Å². The first-order valence-electron chi connectivity index (χ1n) is 2.75. The van der Waals surface area contributed by atoms with Crippen molar-refractivity contribution < 1.29 is 8.78 Å². The van der Waals surface area contributed by atoms with Gasteiger partial charge in [0.15, 0.2) is 0 Å². The molecule has 0 radical (unpaired) electrons. The first-order chi connectivity index (χ1) is 5.25. The monoisotopic (exact) mass is 155 g/mol. The molecule has 56 valence electrons. The van der Waals surface area contributed by atoms with Crippen molar-refractivity contribution in [1.82, 2.24) is 0 Å². The van der Waals surface area contributed by atoms with Crippen molar-refractivity contribution in [3.05, 3.63) is 40.3 Å². The van der Waals surface area contributed by atoms with Crippen molar-refractivity contribution in [2.24, 2.45) is 5.11 Å². The molecule has 0 heterocycles. The molecule has 0 saturated heterocycles. The average molecular weight is 155 g/mol. The number of benzene rings is 1. The Morgan fingerprint density at radius 1 is 1.27 bits per heavy atom. The Bertz CT molecular complexity index is 297. The van der Waals surface area contributed by atoms with Crippen LogP contribution in [0.15, 0.2) is 23.3 Å². The van der Waals surface area contributed by atoms with Crippen LogP contribution in [0, 0.1) is 11.6 Å². The highest BCUT2D eigenvalue weighted by Crippen LogP contribution is 2.20. The second-order valence-corrected chi connectivity index (χ2v) is 1.76. The van der Waals surface area contributed by atoms with Gasteiger partial charge in [0.25, 0.3) is 0 Å². The van der Waals surface area contributed by atoms with Gasteiger partial charge in [-0.2, -0.15) is 0 Å². The maximum atomic E-state index is 12.5. The van der Waals surface area contributed by atoms with Crippen molar-refractivity contribution in [2.75, 3.05) is 0 Å². The molecule has 0 aromatic heterocycles. The van der Waals surface area contributed by atoms with Crippen LogP contribution < -0.4 is 0 Å². The van der Waals surface area contributed by atoms with E-state index in [0.717, 1.165) is 12.1 Å². The van der Waals surface area contributed by atoms with E-state index in [0.29, 0.717) is 0 Å². The Kier molecular flexibility index (Phi) is 2.03. The zero-order valence-electron chi connectivity index (χ0n) is 5.33. The summed E-state index contributed by atoms with van der Waals surface area (Å²) in [5, 5.41) is 2.84. The largest absolute Gasteiger partial charge is 0.206 e. The first kappa shape index (κ1) is 7.50. The lowest BCUT2D eigenvalue weighted by molar-refractivity contribution is 0.587. The Balaban J connectivity index is 3.31. The van der Waals surface area contributed by atoms with Gasteiger partial charge in [-0.25, -0.2) is 8.78 Å². The summed E-state index contributed by atoms with van der Waals surface area (Å²) in [6.45, 7) is 0. The van der Waals surface area contributed by atoms with E-state index in [9.17, 15) is 8.78 Å². The summed E-state index contributed by atoms with van der Waals surface area (Å²) in [5.74, 6) is -1.72. The predicted octanol–water partition coefficient (Wildman–Crippen LogP) is 2.91. The minimum absolute atomic E-state index is 0.588. The van der Waals surface area contributed by atoms with E-state index < -0.39 is 17.3 Å². The zero-order chi connectivity index (χ0) is 8.27. The molecule has 0 fully saturated rings. The van der Waals surface area contributed by atoms with Crippen LogP contribution in [-0.2, 0) is 0 Å². The summed E-state index contributed by atoms with van der Waals surface area (Å²) in [6.07, 6.45) is 0. The molecule has 1 rings (SSSR count). The molecule has 11 heavy (non-hydrogen) atoms. The SMILES string of the molecule is [N-]=[N+]=Nc1c(F)cccc1F. The number of hydrogen-bond donors (Lipinski definition) is 0. The fourth-order valence-corrected chi connectivity index (χ4v) is 0.629. The molecule has 0 aliphatic carbocycles. The predicted molar refractivity (Wildman–Crippen MR) is 35.2 cm³/mol. The summed E-state index contributed by atoms with van der Waals surface area (Å²) in [6, 6.07) is 3.24.